The summed E-state index contributed by atoms with van der Waals surface area (Å²) in [7, 11) is -2.59. The highest BCUT2D eigenvalue weighted by Crippen LogP contribution is 2.41. The molecule has 1 aromatic carbocycles. The Labute approximate surface area is 143 Å². The predicted molar refractivity (Wildman–Crippen MR) is 96.2 cm³/mol. The smallest absolute Gasteiger partial charge is 0.224 e. The number of nitrogens with zero attached hydrogens (tertiary/aromatic N) is 3. The van der Waals surface area contributed by atoms with E-state index in [0.29, 0.717) is 21.8 Å². The monoisotopic (exact) mass is 366 g/mol. The summed E-state index contributed by atoms with van der Waals surface area (Å²) in [6.45, 7) is 3.43. The molecule has 0 aliphatic heterocycles. The summed E-state index contributed by atoms with van der Waals surface area (Å²) in [6, 6.07) is 7.56. The lowest BCUT2D eigenvalue weighted by Crippen LogP contribution is -2.13. The maximum atomic E-state index is 12.8. The summed E-state index contributed by atoms with van der Waals surface area (Å²) in [6.07, 6.45) is 3.04. The average Bonchev–Trinajstić information content (AvgIpc) is 2.49. The lowest BCUT2D eigenvalue weighted by Gasteiger charge is -2.17. The first-order valence-electron chi connectivity index (χ1n) is 6.74. The predicted octanol–water partition coefficient (Wildman–Crippen LogP) is 4.32. The van der Waals surface area contributed by atoms with Crippen LogP contribution in [0.25, 0.3) is 10.9 Å². The zero-order valence-corrected chi connectivity index (χ0v) is 14.8. The molecule has 2 heterocycles. The van der Waals surface area contributed by atoms with Gasteiger partial charge in [0.25, 0.3) is 0 Å². The van der Waals surface area contributed by atoms with Gasteiger partial charge in [0, 0.05) is 10.7 Å². The maximum Gasteiger partial charge on any atom is 0.224 e. The summed E-state index contributed by atoms with van der Waals surface area (Å²) < 4.78 is 12.8. The maximum absolute atomic E-state index is 12.8. The zero-order chi connectivity index (χ0) is 16.6. The number of halogens is 2. The molecule has 0 aliphatic rings. The molecule has 118 valence electrons. The van der Waals surface area contributed by atoms with Crippen molar-refractivity contribution in [1.29, 1.82) is 0 Å². The van der Waals surface area contributed by atoms with Crippen molar-refractivity contribution in [2.75, 3.05) is 18.6 Å². The van der Waals surface area contributed by atoms with E-state index in [1.165, 1.54) is 6.20 Å². The molecule has 0 atom stereocenters. The van der Waals surface area contributed by atoms with E-state index in [2.05, 4.69) is 20.3 Å². The van der Waals surface area contributed by atoms with Gasteiger partial charge < -0.3 is 9.88 Å². The Kier molecular flexibility index (Phi) is 4.28. The van der Waals surface area contributed by atoms with E-state index in [0.717, 1.165) is 10.9 Å². The lowest BCUT2D eigenvalue weighted by molar-refractivity contribution is 0.588. The van der Waals surface area contributed by atoms with Crippen LogP contribution < -0.4 is 10.6 Å². The second kappa shape index (κ2) is 6.08. The van der Waals surface area contributed by atoms with Crippen molar-refractivity contribution < 1.29 is 4.57 Å². The number of hydrogen-bond acceptors (Lipinski definition) is 5. The molecule has 0 aliphatic carbocycles. The molecule has 0 radical (unpaired) electrons. The minimum atomic E-state index is -2.59. The second-order valence-electron chi connectivity index (χ2n) is 5.35. The Morgan fingerprint density at radius 2 is 1.83 bits per heavy atom. The van der Waals surface area contributed by atoms with Crippen LogP contribution in [-0.2, 0) is 4.57 Å². The summed E-state index contributed by atoms with van der Waals surface area (Å²) in [5, 5.41) is 5.00. The van der Waals surface area contributed by atoms with Gasteiger partial charge in [-0.1, -0.05) is 29.8 Å². The molecule has 0 saturated carbocycles. The molecule has 0 amide bonds. The van der Waals surface area contributed by atoms with E-state index in [9.17, 15) is 4.57 Å². The van der Waals surface area contributed by atoms with Crippen molar-refractivity contribution in [3.8, 4) is 0 Å². The molecule has 3 rings (SSSR count). The third-order valence-corrected chi connectivity index (χ3v) is 5.27. The fraction of sp³-hybridized carbons (Fsp3) is 0.133. The van der Waals surface area contributed by atoms with Crippen LogP contribution in [-0.4, -0.2) is 28.3 Å². The first kappa shape index (κ1) is 16.2. The second-order valence-corrected chi connectivity index (χ2v) is 9.24. The number of aromatic nitrogens is 3. The topological polar surface area (TPSA) is 67.8 Å². The van der Waals surface area contributed by atoms with Crippen molar-refractivity contribution in [3.63, 3.8) is 0 Å². The van der Waals surface area contributed by atoms with E-state index in [4.69, 9.17) is 23.2 Å². The number of hydrogen-bond donors (Lipinski definition) is 1. The summed E-state index contributed by atoms with van der Waals surface area (Å²) in [5.41, 5.74) is 1.37. The van der Waals surface area contributed by atoms with Crippen molar-refractivity contribution in [1.82, 2.24) is 15.0 Å². The summed E-state index contributed by atoms with van der Waals surface area (Å²) in [5.74, 6) is 0.346. The van der Waals surface area contributed by atoms with Crippen LogP contribution >= 0.6 is 30.3 Å². The molecule has 5 nitrogen and oxygen atoms in total. The SMILES string of the molecule is CP(C)(=O)c1c(Nc2nc(Cl)ncc2Cl)cnc2ccccc12. The Hall–Kier alpha value is -1.68. The Morgan fingerprint density at radius 3 is 2.57 bits per heavy atom. The average molecular weight is 367 g/mol. The van der Waals surface area contributed by atoms with E-state index >= 15 is 0 Å². The van der Waals surface area contributed by atoms with Crippen molar-refractivity contribution >= 4 is 58.1 Å². The minimum absolute atomic E-state index is 0.0726. The largest absolute Gasteiger partial charge is 0.337 e. The number of para-hydroxylation sites is 1. The molecule has 0 fully saturated rings. The van der Waals surface area contributed by atoms with Crippen molar-refractivity contribution in [2.24, 2.45) is 0 Å². The van der Waals surface area contributed by atoms with Gasteiger partial charge in [0.05, 0.1) is 23.6 Å². The molecule has 1 N–H and O–H groups in total. The molecule has 2 aromatic heterocycles. The van der Waals surface area contributed by atoms with Gasteiger partial charge in [-0.05, 0) is 31.0 Å². The Bertz CT molecular complexity index is 942. The fourth-order valence-electron chi connectivity index (χ4n) is 2.36. The standard InChI is InChI=1S/C15H13Cl2N4OP/c1-23(2,22)13-9-5-3-4-6-11(9)18-8-12(13)20-14-10(16)7-19-15(17)21-14/h3-8H,1-2H3,(H,19,20,21). The van der Waals surface area contributed by atoms with Gasteiger partial charge in [0.1, 0.15) is 12.2 Å². The highest BCUT2D eigenvalue weighted by molar-refractivity contribution is 7.71. The summed E-state index contributed by atoms with van der Waals surface area (Å²) in [4.78, 5) is 12.3. The molecule has 8 heteroatoms. The minimum Gasteiger partial charge on any atom is -0.337 e. The third kappa shape index (κ3) is 3.32. The molecule has 0 unspecified atom stereocenters. The van der Waals surface area contributed by atoms with Crippen LogP contribution in [0.2, 0.25) is 10.3 Å². The van der Waals surface area contributed by atoms with E-state index in [1.807, 2.05) is 24.3 Å². The Morgan fingerprint density at radius 1 is 1.09 bits per heavy atom. The number of benzene rings is 1. The van der Waals surface area contributed by atoms with Crippen molar-refractivity contribution in [2.45, 2.75) is 0 Å². The van der Waals surface area contributed by atoms with Gasteiger partial charge >= 0.3 is 0 Å². The van der Waals surface area contributed by atoms with Gasteiger partial charge in [0.2, 0.25) is 5.28 Å². The Balaban J connectivity index is 2.21. The normalized spacial score (nSPS) is 11.7. The van der Waals surface area contributed by atoms with Crippen LogP contribution in [0.1, 0.15) is 0 Å². The summed E-state index contributed by atoms with van der Waals surface area (Å²) >= 11 is 11.9. The van der Waals surface area contributed by atoms with Gasteiger partial charge in [-0.2, -0.15) is 4.98 Å². The number of anilines is 2. The molecule has 23 heavy (non-hydrogen) atoms. The number of fused-ring (bicyclic) bond motifs is 1. The zero-order valence-electron chi connectivity index (χ0n) is 12.4. The van der Waals surface area contributed by atoms with Crippen molar-refractivity contribution in [3.05, 3.63) is 47.0 Å². The van der Waals surface area contributed by atoms with Gasteiger partial charge in [-0.15, -0.1) is 0 Å². The van der Waals surface area contributed by atoms with Crippen LogP contribution in [0, 0.1) is 0 Å². The lowest BCUT2D eigenvalue weighted by atomic mass is 10.2. The van der Waals surface area contributed by atoms with Gasteiger partial charge in [-0.25, -0.2) is 4.98 Å². The molecule has 3 aromatic rings. The van der Waals surface area contributed by atoms with E-state index < -0.39 is 7.14 Å². The quantitative estimate of drug-likeness (QED) is 0.552. The van der Waals surface area contributed by atoms with Gasteiger partial charge in [0.15, 0.2) is 5.82 Å². The highest BCUT2D eigenvalue weighted by atomic mass is 35.5. The van der Waals surface area contributed by atoms with Gasteiger partial charge in [-0.3, -0.25) is 4.98 Å². The molecular weight excluding hydrogens is 354 g/mol. The number of nitrogens with one attached hydrogen (secondary N) is 1. The molecule has 0 bridgehead atoms. The molecule has 0 spiro atoms. The molecular formula is C15H13Cl2N4OP. The van der Waals surface area contributed by atoms with Crippen LogP contribution in [0.3, 0.4) is 0 Å². The highest BCUT2D eigenvalue weighted by Gasteiger charge is 2.21. The third-order valence-electron chi connectivity index (χ3n) is 3.25. The fourth-order valence-corrected chi connectivity index (χ4v) is 4.09. The number of rotatable bonds is 3. The van der Waals surface area contributed by atoms with E-state index in [-0.39, 0.29) is 5.28 Å². The molecule has 0 saturated heterocycles. The van der Waals surface area contributed by atoms with Crippen LogP contribution in [0.4, 0.5) is 11.5 Å². The first-order valence-corrected chi connectivity index (χ1v) is 10.1. The number of pyridine rings is 1. The van der Waals surface area contributed by atoms with Crippen LogP contribution in [0.5, 0.6) is 0 Å². The van der Waals surface area contributed by atoms with E-state index in [1.54, 1.807) is 19.5 Å². The first-order chi connectivity index (χ1) is 10.9. The van der Waals surface area contributed by atoms with Crippen LogP contribution in [0.15, 0.2) is 36.7 Å².